The minimum Gasteiger partial charge on any atom is -0.468 e. The van der Waals surface area contributed by atoms with Crippen molar-refractivity contribution in [3.8, 4) is 0 Å². The molecule has 3 rings (SSSR count). The molecule has 0 aliphatic heterocycles. The molecule has 2 fully saturated rings. The van der Waals surface area contributed by atoms with Crippen LogP contribution >= 0.6 is 0 Å². The third kappa shape index (κ3) is 3.97. The molecule has 0 heterocycles. The molecule has 0 radical (unpaired) electrons. The third-order valence-electron chi connectivity index (χ3n) is 7.31. The number of methoxy groups -OCH3 is 4. The fraction of sp³-hybridized carbons (Fsp3) is 0.680. The topological polar surface area (TPSA) is 105 Å². The molecule has 2 atom stereocenters. The Morgan fingerprint density at radius 3 is 1.61 bits per heavy atom. The van der Waals surface area contributed by atoms with Crippen molar-refractivity contribution in [2.75, 3.05) is 28.4 Å². The minimum atomic E-state index is -1.45. The predicted octanol–water partition coefficient (Wildman–Crippen LogP) is 3.14. The van der Waals surface area contributed by atoms with Gasteiger partial charge >= 0.3 is 23.9 Å². The summed E-state index contributed by atoms with van der Waals surface area (Å²) in [4.78, 5) is 51.4. The van der Waals surface area contributed by atoms with E-state index in [0.717, 1.165) is 16.7 Å². The molecule has 33 heavy (non-hydrogen) atoms. The Hall–Kier alpha value is -2.64. The lowest BCUT2D eigenvalue weighted by molar-refractivity contribution is -0.170. The monoisotopic (exact) mass is 462 g/mol. The molecule has 0 bridgehead atoms. The van der Waals surface area contributed by atoms with Crippen LogP contribution in [0.4, 0.5) is 0 Å². The molecule has 0 aromatic rings. The maximum atomic E-state index is 12.9. The van der Waals surface area contributed by atoms with Gasteiger partial charge in [0.1, 0.15) is 0 Å². The van der Waals surface area contributed by atoms with Gasteiger partial charge in [-0.15, -0.1) is 0 Å². The van der Waals surface area contributed by atoms with Crippen molar-refractivity contribution in [3.05, 3.63) is 22.8 Å². The third-order valence-corrected chi connectivity index (χ3v) is 7.31. The Morgan fingerprint density at radius 1 is 0.758 bits per heavy atom. The van der Waals surface area contributed by atoms with E-state index in [1.165, 1.54) is 28.4 Å². The average molecular weight is 463 g/mol. The van der Waals surface area contributed by atoms with E-state index in [9.17, 15) is 19.2 Å². The molecule has 182 valence electrons. The highest BCUT2D eigenvalue weighted by Crippen LogP contribution is 2.61. The summed E-state index contributed by atoms with van der Waals surface area (Å²) < 4.78 is 20.1. The molecule has 3 aliphatic carbocycles. The highest BCUT2D eigenvalue weighted by Gasteiger charge is 2.62. The minimum absolute atomic E-state index is 0.0888. The van der Waals surface area contributed by atoms with Gasteiger partial charge in [-0.05, 0) is 43.4 Å². The van der Waals surface area contributed by atoms with Crippen LogP contribution in [-0.2, 0) is 38.1 Å². The standard InChI is InChI=1S/C25H34O8/c1-23(2,3)9-14-8-15-10-24(19(26)30-4,20(27)31-5)11-17(15)18-13-25(12-16(14)18,21(28)32-6)22(29)33-7/h9,15-16H,8,10-13H2,1-7H3/b14-9-/t15-,16-/m0/s1. The van der Waals surface area contributed by atoms with Crippen LogP contribution in [0.3, 0.4) is 0 Å². The number of rotatable bonds is 4. The van der Waals surface area contributed by atoms with Crippen molar-refractivity contribution in [2.45, 2.75) is 52.9 Å². The van der Waals surface area contributed by atoms with Crippen LogP contribution in [0, 0.1) is 28.1 Å². The van der Waals surface area contributed by atoms with E-state index < -0.39 is 34.7 Å². The van der Waals surface area contributed by atoms with Crippen LogP contribution in [0.15, 0.2) is 22.8 Å². The van der Waals surface area contributed by atoms with Crippen LogP contribution in [0.25, 0.3) is 0 Å². The van der Waals surface area contributed by atoms with E-state index >= 15 is 0 Å². The lowest BCUT2D eigenvalue weighted by Gasteiger charge is -2.31. The Kier molecular flexibility index (Phi) is 6.52. The molecule has 0 amide bonds. The first-order valence-electron chi connectivity index (χ1n) is 11.2. The van der Waals surface area contributed by atoms with E-state index in [0.29, 0.717) is 6.42 Å². The second-order valence-electron chi connectivity index (χ2n) is 10.5. The largest absolute Gasteiger partial charge is 0.468 e. The summed E-state index contributed by atoms with van der Waals surface area (Å²) >= 11 is 0. The van der Waals surface area contributed by atoms with Gasteiger partial charge in [0.15, 0.2) is 10.8 Å². The van der Waals surface area contributed by atoms with E-state index in [2.05, 4.69) is 26.8 Å². The Bertz CT molecular complexity index is 901. The van der Waals surface area contributed by atoms with Gasteiger partial charge in [0.25, 0.3) is 0 Å². The van der Waals surface area contributed by atoms with Gasteiger partial charge < -0.3 is 18.9 Å². The van der Waals surface area contributed by atoms with Gasteiger partial charge in [0, 0.05) is 5.92 Å². The molecule has 3 aliphatic rings. The lowest BCUT2D eigenvalue weighted by atomic mass is 9.73. The molecule has 0 saturated heterocycles. The molecule has 8 heteroatoms. The van der Waals surface area contributed by atoms with Crippen LogP contribution in [0.2, 0.25) is 0 Å². The Labute approximate surface area is 194 Å². The molecule has 0 aromatic heterocycles. The highest BCUT2D eigenvalue weighted by atomic mass is 16.6. The molecule has 0 unspecified atom stereocenters. The molecular formula is C25H34O8. The van der Waals surface area contributed by atoms with Crippen molar-refractivity contribution in [1.29, 1.82) is 0 Å². The average Bonchev–Trinajstić information content (AvgIpc) is 3.37. The summed E-state index contributed by atoms with van der Waals surface area (Å²) in [7, 11) is 5.04. The predicted molar refractivity (Wildman–Crippen MR) is 118 cm³/mol. The smallest absolute Gasteiger partial charge is 0.323 e. The van der Waals surface area contributed by atoms with Gasteiger partial charge in [0.05, 0.1) is 28.4 Å². The van der Waals surface area contributed by atoms with Crippen molar-refractivity contribution >= 4 is 23.9 Å². The number of hydrogen-bond acceptors (Lipinski definition) is 8. The first-order chi connectivity index (χ1) is 15.4. The molecule has 0 spiro atoms. The summed E-state index contributed by atoms with van der Waals surface area (Å²) in [5.41, 5.74) is -0.0557. The summed E-state index contributed by atoms with van der Waals surface area (Å²) in [6, 6.07) is 0. The molecule has 0 aromatic carbocycles. The number of esters is 4. The van der Waals surface area contributed by atoms with Gasteiger partial charge in [0.2, 0.25) is 0 Å². The molecule has 8 nitrogen and oxygen atoms in total. The Balaban J connectivity index is 2.20. The van der Waals surface area contributed by atoms with Crippen molar-refractivity contribution < 1.29 is 38.1 Å². The normalized spacial score (nSPS) is 26.3. The maximum Gasteiger partial charge on any atom is 0.323 e. The van der Waals surface area contributed by atoms with Crippen LogP contribution in [-0.4, -0.2) is 52.3 Å². The van der Waals surface area contributed by atoms with E-state index in [1.807, 2.05) is 0 Å². The van der Waals surface area contributed by atoms with Gasteiger partial charge in [-0.1, -0.05) is 43.6 Å². The summed E-state index contributed by atoms with van der Waals surface area (Å²) in [6.07, 6.45) is 3.61. The molecule has 0 N–H and O–H groups in total. The molecular weight excluding hydrogens is 428 g/mol. The van der Waals surface area contributed by atoms with E-state index in [4.69, 9.17) is 18.9 Å². The van der Waals surface area contributed by atoms with Crippen molar-refractivity contribution in [2.24, 2.45) is 28.1 Å². The SMILES string of the molecule is COC(=O)C1(C(=O)OC)CC2=C3CC(C(=O)OC)(C(=O)OC)C[C@H]3/C(=C\C(C)(C)C)C[C@H]2C1. The zero-order valence-corrected chi connectivity index (χ0v) is 20.5. The number of fused-ring (bicyclic) bond motifs is 2. The van der Waals surface area contributed by atoms with E-state index in [1.54, 1.807) is 0 Å². The fourth-order valence-corrected chi connectivity index (χ4v) is 6.05. The Morgan fingerprint density at radius 2 is 1.18 bits per heavy atom. The molecule has 2 saturated carbocycles. The van der Waals surface area contributed by atoms with E-state index in [-0.39, 0.29) is 42.9 Å². The summed E-state index contributed by atoms with van der Waals surface area (Å²) in [5, 5.41) is 0. The summed E-state index contributed by atoms with van der Waals surface area (Å²) in [5.74, 6) is -2.77. The number of hydrogen-bond donors (Lipinski definition) is 0. The second-order valence-corrected chi connectivity index (χ2v) is 10.5. The summed E-state index contributed by atoms with van der Waals surface area (Å²) in [6.45, 7) is 6.26. The highest BCUT2D eigenvalue weighted by molar-refractivity contribution is 6.02. The fourth-order valence-electron chi connectivity index (χ4n) is 6.05. The van der Waals surface area contributed by atoms with Crippen LogP contribution in [0.1, 0.15) is 52.9 Å². The van der Waals surface area contributed by atoms with Gasteiger partial charge in [-0.25, -0.2) is 0 Å². The number of carbonyl (C=O) groups is 4. The first-order valence-corrected chi connectivity index (χ1v) is 11.2. The quantitative estimate of drug-likeness (QED) is 0.272. The van der Waals surface area contributed by atoms with Crippen LogP contribution < -0.4 is 0 Å². The number of carbonyl (C=O) groups excluding carboxylic acids is 4. The zero-order chi connectivity index (χ0) is 24.8. The zero-order valence-electron chi connectivity index (χ0n) is 20.5. The van der Waals surface area contributed by atoms with Gasteiger partial charge in [-0.3, -0.25) is 19.2 Å². The maximum absolute atomic E-state index is 12.9. The first kappa shape index (κ1) is 25.0. The lowest BCUT2D eigenvalue weighted by Crippen LogP contribution is -2.39. The van der Waals surface area contributed by atoms with Gasteiger partial charge in [-0.2, -0.15) is 0 Å². The number of allylic oxidation sites excluding steroid dienone is 4. The van der Waals surface area contributed by atoms with Crippen LogP contribution in [0.5, 0.6) is 0 Å². The van der Waals surface area contributed by atoms with Crippen molar-refractivity contribution in [3.63, 3.8) is 0 Å². The number of ether oxygens (including phenoxy) is 4. The van der Waals surface area contributed by atoms with Crippen molar-refractivity contribution in [1.82, 2.24) is 0 Å². The second kappa shape index (κ2) is 8.61.